The number of sulfonamides is 1. The third-order valence-corrected chi connectivity index (χ3v) is 6.59. The van der Waals surface area contributed by atoms with Gasteiger partial charge < -0.3 is 10.2 Å². The summed E-state index contributed by atoms with van der Waals surface area (Å²) in [5.41, 5.74) is 0.427. The molecule has 1 N–H and O–H groups in total. The highest BCUT2D eigenvalue weighted by atomic mass is 32.2. The molecule has 0 saturated carbocycles. The molecule has 1 unspecified atom stereocenters. The van der Waals surface area contributed by atoms with Gasteiger partial charge in [-0.2, -0.15) is 4.31 Å². The number of carbonyl (C=O) groups excluding carboxylic acids is 1. The molecular weight excluding hydrogens is 326 g/mol. The van der Waals surface area contributed by atoms with Gasteiger partial charge in [0.05, 0.1) is 4.90 Å². The van der Waals surface area contributed by atoms with E-state index in [0.29, 0.717) is 12.1 Å². The molecule has 24 heavy (non-hydrogen) atoms. The summed E-state index contributed by atoms with van der Waals surface area (Å²) in [5.74, 6) is -0.1000. The number of amides is 1. The molecule has 1 saturated heterocycles. The molecule has 0 radical (unpaired) electrons. The van der Waals surface area contributed by atoms with Gasteiger partial charge in [0, 0.05) is 37.8 Å². The standard InChI is InChI=1S/C17H27N3O3S/c1-13(2)19(4)24(22,23)16-9-5-7-14(11-16)17(21)20-10-6-8-15(20)12-18-3/h5,7,9,11,13,15,18H,6,8,10,12H2,1-4H3. The second kappa shape index (κ2) is 7.63. The molecule has 1 fully saturated rings. The third kappa shape index (κ3) is 3.79. The first-order valence-corrected chi connectivity index (χ1v) is 9.76. The number of nitrogens with one attached hydrogen (secondary N) is 1. The molecule has 0 aliphatic carbocycles. The monoisotopic (exact) mass is 353 g/mol. The van der Waals surface area contributed by atoms with Gasteiger partial charge in [0.15, 0.2) is 0 Å². The van der Waals surface area contributed by atoms with Crippen molar-refractivity contribution < 1.29 is 13.2 Å². The van der Waals surface area contributed by atoms with Crippen molar-refractivity contribution in [2.45, 2.75) is 43.7 Å². The van der Waals surface area contributed by atoms with Crippen LogP contribution in [-0.2, 0) is 10.0 Å². The fourth-order valence-electron chi connectivity index (χ4n) is 2.95. The SMILES string of the molecule is CNCC1CCCN1C(=O)c1cccc(S(=O)(=O)N(C)C(C)C)c1. The fraction of sp³-hybridized carbons (Fsp3) is 0.588. The quantitative estimate of drug-likeness (QED) is 0.842. The van der Waals surface area contributed by atoms with Gasteiger partial charge in [-0.15, -0.1) is 0 Å². The van der Waals surface area contributed by atoms with Crippen molar-refractivity contribution in [1.29, 1.82) is 0 Å². The lowest BCUT2D eigenvalue weighted by Crippen LogP contribution is -2.41. The fourth-order valence-corrected chi connectivity index (χ4v) is 4.36. The predicted octanol–water partition coefficient (Wildman–Crippen LogP) is 1.54. The van der Waals surface area contributed by atoms with Crippen LogP contribution in [0.4, 0.5) is 0 Å². The van der Waals surface area contributed by atoms with E-state index in [4.69, 9.17) is 0 Å². The number of nitrogens with zero attached hydrogens (tertiary/aromatic N) is 2. The Morgan fingerprint density at radius 2 is 2.12 bits per heavy atom. The zero-order valence-corrected chi connectivity index (χ0v) is 15.6. The van der Waals surface area contributed by atoms with E-state index in [2.05, 4.69) is 5.32 Å². The number of benzene rings is 1. The van der Waals surface area contributed by atoms with E-state index in [1.165, 1.54) is 10.4 Å². The van der Waals surface area contributed by atoms with E-state index < -0.39 is 10.0 Å². The van der Waals surface area contributed by atoms with Crippen LogP contribution in [0.3, 0.4) is 0 Å². The summed E-state index contributed by atoms with van der Waals surface area (Å²) in [7, 11) is -0.167. The van der Waals surface area contributed by atoms with Gasteiger partial charge in [0.2, 0.25) is 10.0 Å². The molecule has 0 bridgehead atoms. The summed E-state index contributed by atoms with van der Waals surface area (Å²) in [6, 6.07) is 6.38. The zero-order chi connectivity index (χ0) is 17.9. The highest BCUT2D eigenvalue weighted by molar-refractivity contribution is 7.89. The van der Waals surface area contributed by atoms with Gasteiger partial charge in [-0.1, -0.05) is 6.07 Å². The molecule has 1 heterocycles. The van der Waals surface area contributed by atoms with Gasteiger partial charge in [0.1, 0.15) is 0 Å². The number of hydrogen-bond acceptors (Lipinski definition) is 4. The molecule has 134 valence electrons. The van der Waals surface area contributed by atoms with Crippen LogP contribution in [0.15, 0.2) is 29.2 Å². The van der Waals surface area contributed by atoms with Crippen LogP contribution >= 0.6 is 0 Å². The van der Waals surface area contributed by atoms with E-state index in [1.54, 1.807) is 25.2 Å². The van der Waals surface area contributed by atoms with Crippen LogP contribution in [0.25, 0.3) is 0 Å². The number of likely N-dealkylation sites (tertiary alicyclic amines) is 1. The van der Waals surface area contributed by atoms with Crippen molar-refractivity contribution in [3.05, 3.63) is 29.8 Å². The molecule has 1 atom stereocenters. The largest absolute Gasteiger partial charge is 0.334 e. The molecule has 0 aromatic heterocycles. The Labute approximate surface area is 144 Å². The summed E-state index contributed by atoms with van der Waals surface area (Å²) >= 11 is 0. The second-order valence-electron chi connectivity index (χ2n) is 6.50. The van der Waals surface area contributed by atoms with Crippen LogP contribution in [-0.4, -0.2) is 62.8 Å². The van der Waals surface area contributed by atoms with Crippen LogP contribution in [0, 0.1) is 0 Å². The Morgan fingerprint density at radius 3 is 2.75 bits per heavy atom. The van der Waals surface area contributed by atoms with Crippen molar-refractivity contribution >= 4 is 15.9 Å². The van der Waals surface area contributed by atoms with Crippen LogP contribution in [0.1, 0.15) is 37.0 Å². The lowest BCUT2D eigenvalue weighted by Gasteiger charge is -2.25. The molecule has 1 aromatic rings. The van der Waals surface area contributed by atoms with Gasteiger partial charge in [0.25, 0.3) is 5.91 Å². The third-order valence-electron chi connectivity index (χ3n) is 4.56. The summed E-state index contributed by atoms with van der Waals surface area (Å²) < 4.78 is 26.6. The smallest absolute Gasteiger partial charge is 0.254 e. The van der Waals surface area contributed by atoms with Crippen molar-refractivity contribution in [3.63, 3.8) is 0 Å². The number of carbonyl (C=O) groups is 1. The van der Waals surface area contributed by atoms with Crippen LogP contribution < -0.4 is 5.32 Å². The van der Waals surface area contributed by atoms with E-state index >= 15 is 0 Å². The maximum absolute atomic E-state index is 12.8. The molecule has 1 aliphatic rings. The van der Waals surface area contributed by atoms with Crippen LogP contribution in [0.5, 0.6) is 0 Å². The lowest BCUT2D eigenvalue weighted by molar-refractivity contribution is 0.0737. The summed E-state index contributed by atoms with van der Waals surface area (Å²) in [6.07, 6.45) is 1.95. The predicted molar refractivity (Wildman–Crippen MR) is 94.5 cm³/mol. The van der Waals surface area contributed by atoms with E-state index in [9.17, 15) is 13.2 Å². The molecule has 0 spiro atoms. The number of hydrogen-bond donors (Lipinski definition) is 1. The molecule has 2 rings (SSSR count). The van der Waals surface area contributed by atoms with E-state index in [-0.39, 0.29) is 22.9 Å². The topological polar surface area (TPSA) is 69.7 Å². The van der Waals surface area contributed by atoms with Crippen molar-refractivity contribution in [3.8, 4) is 0 Å². The average molecular weight is 353 g/mol. The van der Waals surface area contributed by atoms with Crippen molar-refractivity contribution in [1.82, 2.24) is 14.5 Å². The van der Waals surface area contributed by atoms with E-state index in [1.807, 2.05) is 25.8 Å². The van der Waals surface area contributed by atoms with Gasteiger partial charge in [-0.25, -0.2) is 8.42 Å². The minimum absolute atomic E-state index is 0.1000. The van der Waals surface area contributed by atoms with E-state index in [0.717, 1.165) is 19.4 Å². The molecular formula is C17H27N3O3S. The Hall–Kier alpha value is -1.44. The Kier molecular flexibility index (Phi) is 6.01. The zero-order valence-electron chi connectivity index (χ0n) is 14.8. The highest BCUT2D eigenvalue weighted by Crippen LogP contribution is 2.22. The van der Waals surface area contributed by atoms with Crippen molar-refractivity contribution in [2.24, 2.45) is 0 Å². The summed E-state index contributed by atoms with van der Waals surface area (Å²) in [4.78, 5) is 14.8. The first kappa shape index (κ1) is 18.9. The molecule has 1 amide bonds. The Balaban J connectivity index is 2.29. The Bertz CT molecular complexity index is 688. The first-order chi connectivity index (χ1) is 11.3. The van der Waals surface area contributed by atoms with Gasteiger partial charge in [-0.3, -0.25) is 4.79 Å². The summed E-state index contributed by atoms with van der Waals surface area (Å²) in [6.45, 7) is 5.10. The van der Waals surface area contributed by atoms with Crippen LogP contribution in [0.2, 0.25) is 0 Å². The Morgan fingerprint density at radius 1 is 1.42 bits per heavy atom. The molecule has 1 aromatic carbocycles. The van der Waals surface area contributed by atoms with Gasteiger partial charge in [-0.05, 0) is 51.9 Å². The lowest BCUT2D eigenvalue weighted by atomic mass is 10.1. The maximum Gasteiger partial charge on any atom is 0.254 e. The first-order valence-electron chi connectivity index (χ1n) is 8.32. The summed E-state index contributed by atoms with van der Waals surface area (Å²) in [5, 5.41) is 3.11. The molecule has 1 aliphatic heterocycles. The normalized spacial score (nSPS) is 18.6. The number of rotatable bonds is 6. The molecule has 7 heteroatoms. The highest BCUT2D eigenvalue weighted by Gasteiger charge is 2.30. The number of likely N-dealkylation sites (N-methyl/N-ethyl adjacent to an activating group) is 1. The molecule has 6 nitrogen and oxygen atoms in total. The maximum atomic E-state index is 12.8. The second-order valence-corrected chi connectivity index (χ2v) is 8.49. The minimum Gasteiger partial charge on any atom is -0.334 e. The van der Waals surface area contributed by atoms with Gasteiger partial charge >= 0.3 is 0 Å². The minimum atomic E-state index is -3.59. The average Bonchev–Trinajstić information content (AvgIpc) is 3.02. The van der Waals surface area contributed by atoms with Crippen molar-refractivity contribution in [2.75, 3.05) is 27.2 Å².